The Morgan fingerprint density at radius 3 is 2.70 bits per heavy atom. The molecule has 0 radical (unpaired) electrons. The van der Waals surface area contributed by atoms with Gasteiger partial charge in [-0.25, -0.2) is 4.68 Å². The highest BCUT2D eigenvalue weighted by Crippen LogP contribution is 2.33. The highest BCUT2D eigenvalue weighted by molar-refractivity contribution is 6.00. The molecule has 154 valence electrons. The zero-order chi connectivity index (χ0) is 21.1. The Balaban J connectivity index is 1.40. The molecule has 0 aliphatic carbocycles. The number of aryl methyl sites for hydroxylation is 1. The van der Waals surface area contributed by atoms with E-state index in [0.29, 0.717) is 23.8 Å². The number of carbonyl (C=O) groups excluding carboxylic acids is 2. The maximum absolute atomic E-state index is 12.6. The number of carbonyl (C=O) groups is 2. The lowest BCUT2D eigenvalue weighted by Gasteiger charge is -2.32. The van der Waals surface area contributed by atoms with Crippen LogP contribution in [-0.2, 0) is 16.1 Å². The van der Waals surface area contributed by atoms with Gasteiger partial charge in [-0.3, -0.25) is 9.59 Å². The predicted molar refractivity (Wildman–Crippen MR) is 115 cm³/mol. The van der Waals surface area contributed by atoms with Crippen molar-refractivity contribution in [2.75, 3.05) is 16.8 Å². The standard InChI is InChI=1S/C23H24N4O3/c1-16-7-9-18(10-8-16)15-27-21(11-13-24-27)25-22(28)12-14-26-19-5-3-4-6-20(19)30-17(2)23(26)29/h3-11,13,17H,12,14-15H2,1-2H3,(H,25,28)/t17-/m1/s1. The van der Waals surface area contributed by atoms with Crippen LogP contribution < -0.4 is 15.0 Å². The van der Waals surface area contributed by atoms with Gasteiger partial charge in [0.15, 0.2) is 6.10 Å². The van der Waals surface area contributed by atoms with Crippen LogP contribution in [0.2, 0.25) is 0 Å². The molecule has 0 saturated heterocycles. The zero-order valence-corrected chi connectivity index (χ0v) is 17.0. The van der Waals surface area contributed by atoms with E-state index in [2.05, 4.69) is 22.5 Å². The van der Waals surface area contributed by atoms with Crippen LogP contribution >= 0.6 is 0 Å². The highest BCUT2D eigenvalue weighted by Gasteiger charge is 2.31. The molecule has 1 atom stereocenters. The van der Waals surface area contributed by atoms with Gasteiger partial charge in [-0.15, -0.1) is 0 Å². The Morgan fingerprint density at radius 1 is 1.13 bits per heavy atom. The molecule has 0 saturated carbocycles. The van der Waals surface area contributed by atoms with Crippen molar-refractivity contribution in [1.82, 2.24) is 9.78 Å². The van der Waals surface area contributed by atoms with Crippen LogP contribution in [0.1, 0.15) is 24.5 Å². The molecule has 1 aliphatic heterocycles. The Bertz CT molecular complexity index is 1060. The Labute approximate surface area is 175 Å². The summed E-state index contributed by atoms with van der Waals surface area (Å²) in [5.41, 5.74) is 2.99. The van der Waals surface area contributed by atoms with Gasteiger partial charge in [0.2, 0.25) is 5.91 Å². The van der Waals surface area contributed by atoms with Crippen molar-refractivity contribution >= 4 is 23.3 Å². The molecule has 4 rings (SSSR count). The van der Waals surface area contributed by atoms with Gasteiger partial charge < -0.3 is 15.0 Å². The number of hydrogen-bond acceptors (Lipinski definition) is 4. The molecular formula is C23H24N4O3. The van der Waals surface area contributed by atoms with E-state index in [1.54, 1.807) is 28.8 Å². The number of para-hydroxylation sites is 2. The van der Waals surface area contributed by atoms with E-state index in [-0.39, 0.29) is 24.8 Å². The van der Waals surface area contributed by atoms with E-state index in [1.165, 1.54) is 5.56 Å². The van der Waals surface area contributed by atoms with Crippen molar-refractivity contribution in [3.05, 3.63) is 71.9 Å². The molecule has 3 aromatic rings. The van der Waals surface area contributed by atoms with Gasteiger partial charge >= 0.3 is 0 Å². The summed E-state index contributed by atoms with van der Waals surface area (Å²) < 4.78 is 7.39. The molecule has 0 unspecified atom stereocenters. The first-order valence-electron chi connectivity index (χ1n) is 9.95. The fourth-order valence-corrected chi connectivity index (χ4v) is 3.44. The number of fused-ring (bicyclic) bond motifs is 1. The second-order valence-corrected chi connectivity index (χ2v) is 7.38. The van der Waals surface area contributed by atoms with Crippen molar-refractivity contribution in [1.29, 1.82) is 0 Å². The van der Waals surface area contributed by atoms with Gasteiger partial charge in [-0.2, -0.15) is 5.10 Å². The molecule has 7 nitrogen and oxygen atoms in total. The molecular weight excluding hydrogens is 380 g/mol. The lowest BCUT2D eigenvalue weighted by Crippen LogP contribution is -2.45. The largest absolute Gasteiger partial charge is 0.479 e. The number of aromatic nitrogens is 2. The maximum atomic E-state index is 12.6. The monoisotopic (exact) mass is 404 g/mol. The average molecular weight is 404 g/mol. The number of benzene rings is 2. The third-order valence-electron chi connectivity index (χ3n) is 5.07. The van der Waals surface area contributed by atoms with Crippen molar-refractivity contribution in [3.8, 4) is 5.75 Å². The van der Waals surface area contributed by atoms with E-state index in [4.69, 9.17) is 4.74 Å². The second kappa shape index (κ2) is 8.41. The van der Waals surface area contributed by atoms with Crippen molar-refractivity contribution in [2.24, 2.45) is 0 Å². The minimum absolute atomic E-state index is 0.147. The minimum Gasteiger partial charge on any atom is -0.479 e. The van der Waals surface area contributed by atoms with Crippen molar-refractivity contribution < 1.29 is 14.3 Å². The van der Waals surface area contributed by atoms with Gasteiger partial charge in [0.05, 0.1) is 18.4 Å². The van der Waals surface area contributed by atoms with Crippen LogP contribution in [0, 0.1) is 6.92 Å². The van der Waals surface area contributed by atoms with Crippen molar-refractivity contribution in [3.63, 3.8) is 0 Å². The highest BCUT2D eigenvalue weighted by atomic mass is 16.5. The molecule has 0 spiro atoms. The summed E-state index contributed by atoms with van der Waals surface area (Å²) in [6.45, 7) is 4.61. The molecule has 1 aromatic heterocycles. The molecule has 1 aliphatic rings. The zero-order valence-electron chi connectivity index (χ0n) is 17.0. The van der Waals surface area contributed by atoms with E-state index in [1.807, 2.05) is 43.3 Å². The molecule has 0 bridgehead atoms. The normalized spacial score (nSPS) is 15.5. The van der Waals surface area contributed by atoms with Crippen LogP contribution in [0.25, 0.3) is 0 Å². The first-order chi connectivity index (χ1) is 14.5. The fourth-order valence-electron chi connectivity index (χ4n) is 3.44. The summed E-state index contributed by atoms with van der Waals surface area (Å²) in [6.07, 6.45) is 1.26. The minimum atomic E-state index is -0.570. The van der Waals surface area contributed by atoms with Gasteiger partial charge in [0.25, 0.3) is 5.91 Å². The summed E-state index contributed by atoms with van der Waals surface area (Å²) in [5.74, 6) is 0.958. The summed E-state index contributed by atoms with van der Waals surface area (Å²) in [4.78, 5) is 26.8. The topological polar surface area (TPSA) is 76.5 Å². The average Bonchev–Trinajstić information content (AvgIpc) is 3.16. The van der Waals surface area contributed by atoms with Gasteiger partial charge in [0.1, 0.15) is 11.6 Å². The summed E-state index contributed by atoms with van der Waals surface area (Å²) in [5, 5.41) is 7.21. The number of hydrogen-bond donors (Lipinski definition) is 1. The Morgan fingerprint density at radius 2 is 1.90 bits per heavy atom. The summed E-state index contributed by atoms with van der Waals surface area (Å²) in [6, 6.07) is 17.3. The first kappa shape index (κ1) is 19.7. The molecule has 2 aromatic carbocycles. The molecule has 7 heteroatoms. The number of ether oxygens (including phenoxy) is 1. The lowest BCUT2D eigenvalue weighted by atomic mass is 10.1. The van der Waals surface area contributed by atoms with Crippen LogP contribution in [-0.4, -0.2) is 34.2 Å². The molecule has 2 amide bonds. The second-order valence-electron chi connectivity index (χ2n) is 7.38. The van der Waals surface area contributed by atoms with E-state index in [0.717, 1.165) is 5.56 Å². The van der Waals surface area contributed by atoms with Gasteiger partial charge in [-0.05, 0) is 31.5 Å². The Kier molecular flexibility index (Phi) is 5.52. The number of amides is 2. The Hall–Kier alpha value is -3.61. The van der Waals surface area contributed by atoms with Crippen molar-refractivity contribution in [2.45, 2.75) is 32.9 Å². The lowest BCUT2D eigenvalue weighted by molar-refractivity contribution is -0.125. The third kappa shape index (κ3) is 4.20. The van der Waals surface area contributed by atoms with Crippen LogP contribution in [0.4, 0.5) is 11.5 Å². The third-order valence-corrected chi connectivity index (χ3v) is 5.07. The van der Waals surface area contributed by atoms with Crippen LogP contribution in [0.5, 0.6) is 5.75 Å². The van der Waals surface area contributed by atoms with Crippen LogP contribution in [0.3, 0.4) is 0 Å². The summed E-state index contributed by atoms with van der Waals surface area (Å²) >= 11 is 0. The van der Waals surface area contributed by atoms with Gasteiger partial charge in [-0.1, -0.05) is 42.0 Å². The fraction of sp³-hybridized carbons (Fsp3) is 0.261. The smallest absolute Gasteiger partial charge is 0.267 e. The molecule has 2 heterocycles. The number of rotatable bonds is 6. The van der Waals surface area contributed by atoms with E-state index >= 15 is 0 Å². The first-order valence-corrected chi connectivity index (χ1v) is 9.95. The summed E-state index contributed by atoms with van der Waals surface area (Å²) in [7, 11) is 0. The molecule has 0 fully saturated rings. The number of nitrogens with one attached hydrogen (secondary N) is 1. The van der Waals surface area contributed by atoms with Crippen LogP contribution in [0.15, 0.2) is 60.8 Å². The quantitative estimate of drug-likeness (QED) is 0.683. The number of anilines is 2. The molecule has 30 heavy (non-hydrogen) atoms. The van der Waals surface area contributed by atoms with Gasteiger partial charge in [0, 0.05) is 19.0 Å². The molecule has 1 N–H and O–H groups in total. The van der Waals surface area contributed by atoms with E-state index < -0.39 is 6.10 Å². The van der Waals surface area contributed by atoms with E-state index in [9.17, 15) is 9.59 Å². The SMILES string of the molecule is Cc1ccc(Cn2nccc2NC(=O)CCN2C(=O)[C@@H](C)Oc3ccccc32)cc1. The predicted octanol–water partition coefficient (Wildman–Crippen LogP) is 3.38. The number of nitrogens with zero attached hydrogens (tertiary/aromatic N) is 3. The maximum Gasteiger partial charge on any atom is 0.267 e.